The van der Waals surface area contributed by atoms with Gasteiger partial charge in [0.1, 0.15) is 25.1 Å². The third kappa shape index (κ3) is 11.4. The summed E-state index contributed by atoms with van der Waals surface area (Å²) in [5.74, 6) is -1.18. The summed E-state index contributed by atoms with van der Waals surface area (Å²) in [5, 5.41) is 20.3. The van der Waals surface area contributed by atoms with E-state index in [9.17, 15) is 24.3 Å². The number of carbonyl (C=O) groups is 4. The fraction of sp³-hybridized carbons (Fsp3) is 0.364. The lowest BCUT2D eigenvalue weighted by molar-refractivity contribution is -0.139. The summed E-state index contributed by atoms with van der Waals surface area (Å²) in [6, 6.07) is 22.4. The van der Waals surface area contributed by atoms with E-state index in [0.29, 0.717) is 31.7 Å². The summed E-state index contributed by atoms with van der Waals surface area (Å²) in [5.41, 5.74) is 2.00. The highest BCUT2D eigenvalue weighted by Crippen LogP contribution is 2.22. The van der Waals surface area contributed by atoms with E-state index >= 15 is 0 Å². The van der Waals surface area contributed by atoms with Gasteiger partial charge in [-0.1, -0.05) is 66.7 Å². The summed E-state index contributed by atoms with van der Waals surface area (Å²) >= 11 is 0. The van der Waals surface area contributed by atoms with Gasteiger partial charge in [0.15, 0.2) is 0 Å². The molecule has 1 fully saturated rings. The number of ether oxygens (including phenoxy) is 2. The Morgan fingerprint density at radius 2 is 1.65 bits per heavy atom. The van der Waals surface area contributed by atoms with Crippen LogP contribution in [0.5, 0.6) is 0 Å². The predicted octanol–water partition coefficient (Wildman–Crippen LogP) is 2.79. The van der Waals surface area contributed by atoms with E-state index in [-0.39, 0.29) is 32.3 Å². The third-order valence-electron chi connectivity index (χ3n) is 7.33. The smallest absolute Gasteiger partial charge is 0.410 e. The molecule has 0 bridgehead atoms. The normalized spacial score (nSPS) is 16.2. The van der Waals surface area contributed by atoms with Gasteiger partial charge in [-0.25, -0.2) is 19.4 Å². The summed E-state index contributed by atoms with van der Waals surface area (Å²) in [7, 11) is 0. The van der Waals surface area contributed by atoms with E-state index in [4.69, 9.17) is 9.47 Å². The third-order valence-corrected chi connectivity index (χ3v) is 7.33. The molecular formula is C33H40N6O7. The van der Waals surface area contributed by atoms with E-state index in [0.717, 1.165) is 17.5 Å². The number of hydrogen-bond acceptors (Lipinski definition) is 8. The molecule has 0 radical (unpaired) electrons. The number of carboxylic acid groups (broad SMARTS) is 1. The minimum Gasteiger partial charge on any atom is -0.480 e. The maximum absolute atomic E-state index is 13.0. The van der Waals surface area contributed by atoms with E-state index < -0.39 is 36.1 Å². The number of carboxylic acids is 1. The Balaban J connectivity index is 1.20. The first kappa shape index (κ1) is 33.7. The molecule has 1 aliphatic heterocycles. The molecule has 3 atom stereocenters. The number of carbonyl (C=O) groups excluding carboxylic acids is 3. The van der Waals surface area contributed by atoms with E-state index in [1.807, 2.05) is 72.8 Å². The molecule has 1 aliphatic rings. The van der Waals surface area contributed by atoms with Gasteiger partial charge in [0.2, 0.25) is 5.91 Å². The molecule has 13 nitrogen and oxygen atoms in total. The molecule has 5 N–H and O–H groups in total. The van der Waals surface area contributed by atoms with Crippen LogP contribution in [-0.4, -0.2) is 90.0 Å². The van der Waals surface area contributed by atoms with Gasteiger partial charge in [0.05, 0.1) is 18.7 Å². The van der Waals surface area contributed by atoms with Crippen LogP contribution in [0.4, 0.5) is 15.4 Å². The molecule has 46 heavy (non-hydrogen) atoms. The van der Waals surface area contributed by atoms with Crippen LogP contribution in [0, 0.1) is 0 Å². The number of aliphatic carboxylic acids is 1. The average molecular weight is 633 g/mol. The van der Waals surface area contributed by atoms with Crippen molar-refractivity contribution in [3.05, 3.63) is 96.2 Å². The molecule has 1 saturated heterocycles. The van der Waals surface area contributed by atoms with E-state index in [1.54, 1.807) is 17.2 Å². The largest absolute Gasteiger partial charge is 0.480 e. The summed E-state index contributed by atoms with van der Waals surface area (Å²) < 4.78 is 11.4. The molecule has 0 saturated carbocycles. The highest BCUT2D eigenvalue weighted by molar-refractivity contribution is 5.84. The predicted molar refractivity (Wildman–Crippen MR) is 170 cm³/mol. The van der Waals surface area contributed by atoms with Crippen LogP contribution in [0.25, 0.3) is 0 Å². The number of aryl methyl sites for hydroxylation is 1. The number of likely N-dealkylation sites (tertiary alicyclic amines) is 1. The zero-order valence-electron chi connectivity index (χ0n) is 25.5. The number of aromatic nitrogens is 1. The Kier molecular flexibility index (Phi) is 13.2. The van der Waals surface area contributed by atoms with Crippen molar-refractivity contribution < 1.29 is 33.8 Å². The summed E-state index contributed by atoms with van der Waals surface area (Å²) in [6.45, 7) is 0.409. The number of hydrogen-bond donors (Lipinski definition) is 5. The maximum atomic E-state index is 13.0. The molecule has 4 rings (SSSR count). The lowest BCUT2D eigenvalue weighted by Crippen LogP contribution is -2.52. The minimum absolute atomic E-state index is 0.120. The van der Waals surface area contributed by atoms with Gasteiger partial charge in [-0.05, 0) is 42.5 Å². The maximum Gasteiger partial charge on any atom is 0.410 e. The first-order valence-electron chi connectivity index (χ1n) is 15.2. The van der Waals surface area contributed by atoms with Crippen molar-refractivity contribution in [2.75, 3.05) is 38.1 Å². The lowest BCUT2D eigenvalue weighted by Gasteiger charge is -2.24. The SMILES string of the molecule is O=C(CO[C@@H]1C[C@@H](CNc2ccccn2)N(C(=O)OCc2ccccc2)C1)NC[C@H](NC(=O)NCCCc1ccccc1)C(=O)O. The number of rotatable bonds is 16. The fourth-order valence-corrected chi connectivity index (χ4v) is 4.91. The lowest BCUT2D eigenvalue weighted by atomic mass is 10.1. The van der Waals surface area contributed by atoms with Gasteiger partial charge in [-0.3, -0.25) is 4.79 Å². The minimum atomic E-state index is -1.33. The van der Waals surface area contributed by atoms with Gasteiger partial charge >= 0.3 is 18.1 Å². The molecule has 2 heterocycles. The number of urea groups is 1. The topological polar surface area (TPSA) is 171 Å². The second-order valence-corrected chi connectivity index (χ2v) is 10.8. The molecule has 1 aromatic heterocycles. The zero-order valence-corrected chi connectivity index (χ0v) is 25.5. The molecule has 4 amide bonds. The van der Waals surface area contributed by atoms with Gasteiger partial charge in [-0.2, -0.15) is 0 Å². The molecule has 0 aliphatic carbocycles. The average Bonchev–Trinajstić information content (AvgIpc) is 3.50. The van der Waals surface area contributed by atoms with Crippen molar-refractivity contribution in [3.8, 4) is 0 Å². The fourth-order valence-electron chi connectivity index (χ4n) is 4.91. The van der Waals surface area contributed by atoms with Crippen LogP contribution in [0.15, 0.2) is 85.1 Å². The molecule has 244 valence electrons. The number of nitrogens with zero attached hydrogens (tertiary/aromatic N) is 2. The van der Waals surface area contributed by atoms with Crippen LogP contribution >= 0.6 is 0 Å². The Morgan fingerprint density at radius 1 is 0.935 bits per heavy atom. The number of nitrogens with one attached hydrogen (secondary N) is 4. The standard InChI is InChI=1S/C33H40N6O7/c40-30(37-20-28(31(41)42)38-32(43)35-17-9-14-24-10-3-1-4-11-24)23-45-27-18-26(19-36-29-15-7-8-16-34-29)39(21-27)33(44)46-22-25-12-5-2-6-13-25/h1-8,10-13,15-16,26-28H,9,14,17-23H2,(H,34,36)(H,37,40)(H,41,42)(H2,35,38,43)/t26-,27+,28-/m0/s1. The van der Waals surface area contributed by atoms with Crippen molar-refractivity contribution in [2.45, 2.75) is 44.1 Å². The van der Waals surface area contributed by atoms with Crippen LogP contribution in [0.3, 0.4) is 0 Å². The van der Waals surface area contributed by atoms with Gasteiger partial charge in [-0.15, -0.1) is 0 Å². The molecule has 0 unspecified atom stereocenters. The Morgan fingerprint density at radius 3 is 2.35 bits per heavy atom. The molecular weight excluding hydrogens is 592 g/mol. The first-order valence-corrected chi connectivity index (χ1v) is 15.2. The zero-order chi connectivity index (χ0) is 32.6. The Hall–Kier alpha value is -5.17. The van der Waals surface area contributed by atoms with Gasteiger partial charge in [0, 0.05) is 25.8 Å². The van der Waals surface area contributed by atoms with Crippen molar-refractivity contribution in [1.29, 1.82) is 0 Å². The number of pyridine rings is 1. The quantitative estimate of drug-likeness (QED) is 0.149. The molecule has 2 aromatic carbocycles. The van der Waals surface area contributed by atoms with Crippen molar-refractivity contribution in [2.24, 2.45) is 0 Å². The molecule has 0 spiro atoms. The molecule has 3 aromatic rings. The number of benzene rings is 2. The van der Waals surface area contributed by atoms with Crippen LogP contribution in [0.1, 0.15) is 24.0 Å². The van der Waals surface area contributed by atoms with Crippen LogP contribution in [-0.2, 0) is 32.1 Å². The van der Waals surface area contributed by atoms with Gasteiger partial charge < -0.3 is 40.7 Å². The Bertz CT molecular complexity index is 1400. The number of anilines is 1. The van der Waals surface area contributed by atoms with Crippen molar-refractivity contribution in [1.82, 2.24) is 25.8 Å². The number of amides is 4. The first-order chi connectivity index (χ1) is 22.4. The summed E-state index contributed by atoms with van der Waals surface area (Å²) in [6.07, 6.45) is 2.61. The second kappa shape index (κ2) is 18.0. The van der Waals surface area contributed by atoms with E-state index in [2.05, 4.69) is 26.3 Å². The van der Waals surface area contributed by atoms with Gasteiger partial charge in [0.25, 0.3) is 0 Å². The summed E-state index contributed by atoms with van der Waals surface area (Å²) in [4.78, 5) is 55.3. The van der Waals surface area contributed by atoms with E-state index in [1.165, 1.54) is 0 Å². The highest BCUT2D eigenvalue weighted by Gasteiger charge is 2.37. The van der Waals surface area contributed by atoms with Crippen LogP contribution in [0.2, 0.25) is 0 Å². The monoisotopic (exact) mass is 632 g/mol. The van der Waals surface area contributed by atoms with Crippen molar-refractivity contribution >= 4 is 29.8 Å². The highest BCUT2D eigenvalue weighted by atomic mass is 16.6. The Labute approximate surface area is 267 Å². The molecule has 13 heteroatoms. The van der Waals surface area contributed by atoms with Crippen LogP contribution < -0.4 is 21.3 Å². The van der Waals surface area contributed by atoms with Crippen molar-refractivity contribution in [3.63, 3.8) is 0 Å². The second-order valence-electron chi connectivity index (χ2n) is 10.8.